The molecule has 0 radical (unpaired) electrons. The first kappa shape index (κ1) is 16.1. The van der Waals surface area contributed by atoms with Crippen molar-refractivity contribution in [2.45, 2.75) is 6.42 Å². The summed E-state index contributed by atoms with van der Waals surface area (Å²) in [5, 5.41) is 10.4. The highest BCUT2D eigenvalue weighted by atomic mass is 32.1. The smallest absolute Gasteiger partial charge is 0.251 e. The third kappa shape index (κ3) is 3.77. The molecule has 0 aliphatic heterocycles. The monoisotopic (exact) mass is 342 g/mol. The van der Waals surface area contributed by atoms with Gasteiger partial charge < -0.3 is 10.2 Å². The van der Waals surface area contributed by atoms with Crippen LogP contribution in [0.25, 0.3) is 10.6 Å². The van der Waals surface area contributed by atoms with Gasteiger partial charge in [0, 0.05) is 38.0 Å². The molecule has 0 saturated heterocycles. The molecular weight excluding hydrogens is 324 g/mol. The lowest BCUT2D eigenvalue weighted by Crippen LogP contribution is -2.25. The van der Waals surface area contributed by atoms with E-state index in [-0.39, 0.29) is 5.91 Å². The van der Waals surface area contributed by atoms with E-state index in [1.165, 1.54) is 11.5 Å². The average molecular weight is 342 g/mol. The van der Waals surface area contributed by atoms with Crippen molar-refractivity contribution in [3.63, 3.8) is 0 Å². The quantitative estimate of drug-likeness (QED) is 0.715. The summed E-state index contributed by atoms with van der Waals surface area (Å²) >= 11 is 1.32. The molecule has 2 aromatic heterocycles. The summed E-state index contributed by atoms with van der Waals surface area (Å²) in [5.74, 6) is 0.572. The fourth-order valence-electron chi connectivity index (χ4n) is 2.14. The summed E-state index contributed by atoms with van der Waals surface area (Å²) in [6.45, 7) is 0.562. The largest absolute Gasteiger partial charge is 0.352 e. The molecule has 1 amide bonds. The Balaban J connectivity index is 1.66. The zero-order chi connectivity index (χ0) is 16.9. The number of aromatic nitrogens is 4. The van der Waals surface area contributed by atoms with E-state index >= 15 is 0 Å². The second-order valence-electron chi connectivity index (χ2n) is 5.49. The predicted molar refractivity (Wildman–Crippen MR) is 94.3 cm³/mol. The summed E-state index contributed by atoms with van der Waals surface area (Å²) < 4.78 is 4.29. The minimum Gasteiger partial charge on any atom is -0.352 e. The predicted octanol–water partition coefficient (Wildman–Crippen LogP) is 1.97. The first-order chi connectivity index (χ1) is 11.6. The minimum absolute atomic E-state index is 0.0994. The molecule has 3 rings (SSSR count). The zero-order valence-electron chi connectivity index (χ0n) is 13.5. The first-order valence-electron chi connectivity index (χ1n) is 7.51. The van der Waals surface area contributed by atoms with Crippen molar-refractivity contribution in [2.24, 2.45) is 0 Å². The lowest BCUT2D eigenvalue weighted by Gasteiger charge is -2.06. The number of rotatable bonds is 6. The van der Waals surface area contributed by atoms with Gasteiger partial charge >= 0.3 is 0 Å². The van der Waals surface area contributed by atoms with Crippen molar-refractivity contribution in [2.75, 3.05) is 25.5 Å². The van der Waals surface area contributed by atoms with Gasteiger partial charge in [-0.25, -0.2) is 0 Å². The number of anilines is 1. The highest BCUT2D eigenvalue weighted by molar-refractivity contribution is 7.09. The van der Waals surface area contributed by atoms with Crippen molar-refractivity contribution in [1.29, 1.82) is 0 Å². The summed E-state index contributed by atoms with van der Waals surface area (Å²) in [5.41, 5.74) is 2.57. The van der Waals surface area contributed by atoms with Crippen LogP contribution in [-0.2, 0) is 6.42 Å². The molecule has 0 unspecified atom stereocenters. The molecule has 2 N–H and O–H groups in total. The van der Waals surface area contributed by atoms with Gasteiger partial charge in [-0.05, 0) is 35.6 Å². The topological polar surface area (TPSA) is 86.8 Å². The van der Waals surface area contributed by atoms with Crippen LogP contribution >= 0.6 is 11.5 Å². The number of hydrogen-bond acceptors (Lipinski definition) is 6. The maximum Gasteiger partial charge on any atom is 0.251 e. The molecule has 0 aliphatic rings. The number of carbonyl (C=O) groups excluding carboxylic acids is 1. The van der Waals surface area contributed by atoms with Crippen molar-refractivity contribution >= 4 is 23.4 Å². The van der Waals surface area contributed by atoms with E-state index in [0.717, 1.165) is 22.6 Å². The molecule has 0 saturated carbocycles. The molecule has 2 heterocycles. The van der Waals surface area contributed by atoms with Crippen LogP contribution < -0.4 is 10.2 Å². The zero-order valence-corrected chi connectivity index (χ0v) is 14.3. The highest BCUT2D eigenvalue weighted by Crippen LogP contribution is 2.24. The third-order valence-electron chi connectivity index (χ3n) is 3.44. The Morgan fingerprint density at radius 1 is 1.38 bits per heavy atom. The van der Waals surface area contributed by atoms with Crippen LogP contribution in [0, 0.1) is 0 Å². The van der Waals surface area contributed by atoms with E-state index in [2.05, 4.69) is 24.9 Å². The second-order valence-corrected chi connectivity index (χ2v) is 6.24. The molecule has 3 aromatic rings. The molecule has 124 valence electrons. The number of nitrogens with one attached hydrogen (secondary N) is 2. The molecule has 0 bridgehead atoms. The molecule has 8 heteroatoms. The van der Waals surface area contributed by atoms with Gasteiger partial charge in [-0.3, -0.25) is 9.89 Å². The summed E-state index contributed by atoms with van der Waals surface area (Å²) in [6.07, 6.45) is 4.32. The van der Waals surface area contributed by atoms with Gasteiger partial charge in [-0.1, -0.05) is 12.1 Å². The molecule has 0 aliphatic carbocycles. The van der Waals surface area contributed by atoms with Crippen molar-refractivity contribution in [1.82, 2.24) is 24.9 Å². The maximum atomic E-state index is 12.3. The van der Waals surface area contributed by atoms with Crippen LogP contribution in [-0.4, -0.2) is 46.1 Å². The van der Waals surface area contributed by atoms with Crippen molar-refractivity contribution < 1.29 is 4.79 Å². The van der Waals surface area contributed by atoms with E-state index in [9.17, 15) is 4.79 Å². The second kappa shape index (κ2) is 7.22. The van der Waals surface area contributed by atoms with Crippen LogP contribution in [0.5, 0.6) is 0 Å². The van der Waals surface area contributed by atoms with Crippen LogP contribution in [0.1, 0.15) is 15.9 Å². The number of hydrogen-bond donors (Lipinski definition) is 2. The fourth-order valence-corrected chi connectivity index (χ4v) is 2.87. The number of carbonyl (C=O) groups is 1. The SMILES string of the molecule is CN(C)c1nsc(-c2cccc(C(=O)NCCc3cn[nH]c3)c2)n1. The molecule has 24 heavy (non-hydrogen) atoms. The normalized spacial score (nSPS) is 10.6. The Labute approximate surface area is 143 Å². The Hall–Kier alpha value is -2.74. The average Bonchev–Trinajstić information content (AvgIpc) is 3.26. The van der Waals surface area contributed by atoms with Crippen LogP contribution in [0.4, 0.5) is 5.95 Å². The Bertz CT molecular complexity index is 812. The number of H-pyrrole nitrogens is 1. The maximum absolute atomic E-state index is 12.3. The molecule has 7 nitrogen and oxygen atoms in total. The Morgan fingerprint density at radius 2 is 2.25 bits per heavy atom. The number of nitrogens with zero attached hydrogens (tertiary/aromatic N) is 4. The number of aromatic amines is 1. The van der Waals surface area contributed by atoms with Gasteiger partial charge in [0.1, 0.15) is 5.01 Å². The van der Waals surface area contributed by atoms with Gasteiger partial charge in [0.05, 0.1) is 6.20 Å². The lowest BCUT2D eigenvalue weighted by atomic mass is 10.1. The van der Waals surface area contributed by atoms with Crippen molar-refractivity contribution in [3.8, 4) is 10.6 Å². The first-order valence-corrected chi connectivity index (χ1v) is 8.28. The summed E-state index contributed by atoms with van der Waals surface area (Å²) in [4.78, 5) is 18.6. The van der Waals surface area contributed by atoms with E-state index in [1.807, 2.05) is 43.4 Å². The molecule has 0 atom stereocenters. The van der Waals surface area contributed by atoms with E-state index in [1.54, 1.807) is 12.3 Å². The van der Waals surface area contributed by atoms with Gasteiger partial charge in [0.25, 0.3) is 5.91 Å². The molecule has 0 fully saturated rings. The third-order valence-corrected chi connectivity index (χ3v) is 4.20. The van der Waals surface area contributed by atoms with Crippen LogP contribution in [0.2, 0.25) is 0 Å². The van der Waals surface area contributed by atoms with Crippen LogP contribution in [0.3, 0.4) is 0 Å². The van der Waals surface area contributed by atoms with E-state index in [4.69, 9.17) is 0 Å². The molecule has 0 spiro atoms. The number of amides is 1. The van der Waals surface area contributed by atoms with E-state index < -0.39 is 0 Å². The standard InChI is InChI=1S/C16H18N6OS/c1-22(2)16-20-15(24-21-16)13-5-3-4-12(8-13)14(23)17-7-6-11-9-18-19-10-11/h3-5,8-10H,6-7H2,1-2H3,(H,17,23)(H,18,19). The summed E-state index contributed by atoms with van der Waals surface area (Å²) in [6, 6.07) is 7.43. The highest BCUT2D eigenvalue weighted by Gasteiger charge is 2.11. The Kier molecular flexibility index (Phi) is 4.85. The number of benzene rings is 1. The molecular formula is C16H18N6OS. The van der Waals surface area contributed by atoms with E-state index in [0.29, 0.717) is 18.1 Å². The minimum atomic E-state index is -0.0994. The van der Waals surface area contributed by atoms with Gasteiger partial charge in [-0.2, -0.15) is 14.5 Å². The Morgan fingerprint density at radius 3 is 2.96 bits per heavy atom. The van der Waals surface area contributed by atoms with Crippen LogP contribution in [0.15, 0.2) is 36.7 Å². The van der Waals surface area contributed by atoms with Crippen molar-refractivity contribution in [3.05, 3.63) is 47.8 Å². The van der Waals surface area contributed by atoms with Gasteiger partial charge in [0.2, 0.25) is 5.95 Å². The fraction of sp³-hybridized carbons (Fsp3) is 0.250. The summed E-state index contributed by atoms with van der Waals surface area (Å²) in [7, 11) is 3.80. The van der Waals surface area contributed by atoms with Gasteiger partial charge in [0.15, 0.2) is 0 Å². The molecule has 1 aromatic carbocycles. The lowest BCUT2D eigenvalue weighted by molar-refractivity contribution is 0.0954. The van der Waals surface area contributed by atoms with Gasteiger partial charge in [-0.15, -0.1) is 0 Å².